The lowest BCUT2D eigenvalue weighted by molar-refractivity contribution is 0.0606. The summed E-state index contributed by atoms with van der Waals surface area (Å²) < 4.78 is 11.1. The molecule has 0 amide bonds. The van der Waals surface area contributed by atoms with Crippen LogP contribution in [-0.4, -0.2) is 25.6 Å². The summed E-state index contributed by atoms with van der Waals surface area (Å²) in [6.07, 6.45) is 0. The average Bonchev–Trinajstić information content (AvgIpc) is 2.78. The number of carbonyl (C=O) groups is 1. The van der Waals surface area contributed by atoms with E-state index in [1.165, 1.54) is 18.4 Å². The zero-order valence-corrected chi connectivity index (χ0v) is 10.8. The Bertz CT molecular complexity index is 536. The number of halogens is 1. The van der Waals surface area contributed by atoms with Gasteiger partial charge in [-0.1, -0.05) is 0 Å². The third-order valence-electron chi connectivity index (χ3n) is 2.22. The molecule has 1 aromatic heterocycles. The Balaban J connectivity index is 2.31. The van der Waals surface area contributed by atoms with Crippen molar-refractivity contribution in [2.24, 2.45) is 0 Å². The van der Waals surface area contributed by atoms with Crippen molar-refractivity contribution in [3.63, 3.8) is 0 Å². The summed E-state index contributed by atoms with van der Waals surface area (Å²) in [6, 6.07) is 7.49. The normalized spacial score (nSPS) is 10.5. The Labute approximate surface area is 108 Å². The number of methoxy groups -OCH3 is 1. The predicted octanol–water partition coefficient (Wildman–Crippen LogP) is 3.31. The van der Waals surface area contributed by atoms with E-state index in [-0.39, 0.29) is 5.97 Å². The molecule has 0 unspecified atom stereocenters. The van der Waals surface area contributed by atoms with Crippen molar-refractivity contribution in [2.45, 2.75) is 0 Å². The highest BCUT2D eigenvalue weighted by Gasteiger charge is 2.10. The van der Waals surface area contributed by atoms with E-state index in [2.05, 4.69) is 4.74 Å². The molecule has 2 aromatic rings. The van der Waals surface area contributed by atoms with E-state index >= 15 is 0 Å². The van der Waals surface area contributed by atoms with Crippen LogP contribution in [0.25, 0.3) is 10.1 Å². The van der Waals surface area contributed by atoms with Crippen molar-refractivity contribution < 1.29 is 14.3 Å². The highest BCUT2D eigenvalue weighted by Crippen LogP contribution is 2.29. The van der Waals surface area contributed by atoms with Crippen LogP contribution in [0.2, 0.25) is 0 Å². The third-order valence-corrected chi connectivity index (χ3v) is 3.47. The Kier molecular flexibility index (Phi) is 3.86. The van der Waals surface area contributed by atoms with Gasteiger partial charge in [-0.2, -0.15) is 0 Å². The maximum absolute atomic E-state index is 11.4. The lowest BCUT2D eigenvalue weighted by Gasteiger charge is -2.02. The van der Waals surface area contributed by atoms with Gasteiger partial charge in [0.05, 0.1) is 13.0 Å². The van der Waals surface area contributed by atoms with Gasteiger partial charge in [-0.25, -0.2) is 4.79 Å². The fourth-order valence-electron chi connectivity index (χ4n) is 1.47. The molecule has 0 saturated carbocycles. The Hall–Kier alpha value is -1.26. The van der Waals surface area contributed by atoms with E-state index < -0.39 is 0 Å². The van der Waals surface area contributed by atoms with Crippen molar-refractivity contribution in [3.8, 4) is 5.75 Å². The van der Waals surface area contributed by atoms with Crippen molar-refractivity contribution in [1.82, 2.24) is 0 Å². The molecule has 0 spiro atoms. The maximum atomic E-state index is 11.4. The number of thiophene rings is 1. The zero-order valence-electron chi connectivity index (χ0n) is 9.23. The Morgan fingerprint density at radius 3 is 2.94 bits per heavy atom. The number of alkyl halides is 1. The minimum absolute atomic E-state index is 0.311. The molecule has 90 valence electrons. The monoisotopic (exact) mass is 270 g/mol. The van der Waals surface area contributed by atoms with E-state index in [9.17, 15) is 4.79 Å². The fraction of sp³-hybridized carbons (Fsp3) is 0.250. The van der Waals surface area contributed by atoms with Crippen LogP contribution in [-0.2, 0) is 4.74 Å². The second-order valence-electron chi connectivity index (χ2n) is 3.34. The first kappa shape index (κ1) is 12.2. The minimum Gasteiger partial charge on any atom is -0.492 e. The quantitative estimate of drug-likeness (QED) is 0.632. The molecule has 3 nitrogen and oxygen atoms in total. The van der Waals surface area contributed by atoms with Gasteiger partial charge in [-0.3, -0.25) is 0 Å². The molecule has 0 aliphatic heterocycles. The highest BCUT2D eigenvalue weighted by atomic mass is 35.5. The zero-order chi connectivity index (χ0) is 12.3. The van der Waals surface area contributed by atoms with E-state index in [1.54, 1.807) is 6.07 Å². The minimum atomic E-state index is -0.311. The molecular weight excluding hydrogens is 260 g/mol. The smallest absolute Gasteiger partial charge is 0.348 e. The summed E-state index contributed by atoms with van der Waals surface area (Å²) in [5.41, 5.74) is 0. The Morgan fingerprint density at radius 2 is 2.24 bits per heavy atom. The summed E-state index contributed by atoms with van der Waals surface area (Å²) >= 11 is 6.96. The number of rotatable bonds is 4. The van der Waals surface area contributed by atoms with E-state index in [1.807, 2.05) is 18.2 Å². The average molecular weight is 271 g/mol. The van der Waals surface area contributed by atoms with Crippen LogP contribution < -0.4 is 4.74 Å². The number of ether oxygens (including phenoxy) is 2. The van der Waals surface area contributed by atoms with Gasteiger partial charge in [0, 0.05) is 4.70 Å². The number of esters is 1. The molecule has 2 rings (SSSR count). The van der Waals surface area contributed by atoms with E-state index in [0.29, 0.717) is 17.4 Å². The largest absolute Gasteiger partial charge is 0.492 e. The standard InChI is InChI=1S/C12H11ClO3S/c1-15-12(14)11-7-8-6-9(16-5-4-13)2-3-10(8)17-11/h2-3,6-7H,4-5H2,1H3. The molecule has 0 atom stereocenters. The van der Waals surface area contributed by atoms with Gasteiger partial charge in [0.15, 0.2) is 0 Å². The van der Waals surface area contributed by atoms with Crippen molar-refractivity contribution in [1.29, 1.82) is 0 Å². The van der Waals surface area contributed by atoms with Crippen LogP contribution in [0.15, 0.2) is 24.3 Å². The number of hydrogen-bond acceptors (Lipinski definition) is 4. The van der Waals surface area contributed by atoms with Gasteiger partial charge < -0.3 is 9.47 Å². The van der Waals surface area contributed by atoms with Gasteiger partial charge in [0.2, 0.25) is 0 Å². The second-order valence-corrected chi connectivity index (χ2v) is 4.80. The molecule has 0 bridgehead atoms. The molecular formula is C12H11ClO3S. The van der Waals surface area contributed by atoms with Crippen molar-refractivity contribution >= 4 is 39.0 Å². The molecule has 0 saturated heterocycles. The van der Waals surface area contributed by atoms with Gasteiger partial charge in [-0.15, -0.1) is 22.9 Å². The highest BCUT2D eigenvalue weighted by molar-refractivity contribution is 7.20. The fourth-order valence-corrected chi connectivity index (χ4v) is 2.51. The SMILES string of the molecule is COC(=O)c1cc2cc(OCCCl)ccc2s1. The summed E-state index contributed by atoms with van der Waals surface area (Å²) in [5.74, 6) is 0.900. The van der Waals surface area contributed by atoms with Crippen LogP contribution in [0.5, 0.6) is 5.75 Å². The van der Waals surface area contributed by atoms with Crippen molar-refractivity contribution in [3.05, 3.63) is 29.1 Å². The first-order chi connectivity index (χ1) is 8.24. The predicted molar refractivity (Wildman–Crippen MR) is 69.4 cm³/mol. The van der Waals surface area contributed by atoms with E-state index in [4.69, 9.17) is 16.3 Å². The van der Waals surface area contributed by atoms with Crippen LogP contribution in [0.4, 0.5) is 0 Å². The number of hydrogen-bond donors (Lipinski definition) is 0. The lowest BCUT2D eigenvalue weighted by atomic mass is 10.2. The molecule has 17 heavy (non-hydrogen) atoms. The summed E-state index contributed by atoms with van der Waals surface area (Å²) in [5, 5.41) is 0.975. The molecule has 0 aliphatic carbocycles. The third kappa shape index (κ3) is 2.70. The summed E-state index contributed by atoms with van der Waals surface area (Å²) in [6.45, 7) is 0.473. The molecule has 1 aromatic carbocycles. The first-order valence-electron chi connectivity index (χ1n) is 5.05. The Morgan fingerprint density at radius 1 is 1.41 bits per heavy atom. The van der Waals surface area contributed by atoms with E-state index in [0.717, 1.165) is 15.8 Å². The van der Waals surface area contributed by atoms with Crippen LogP contribution in [0, 0.1) is 0 Å². The van der Waals surface area contributed by atoms with Gasteiger partial charge in [0.25, 0.3) is 0 Å². The molecule has 1 heterocycles. The topological polar surface area (TPSA) is 35.5 Å². The van der Waals surface area contributed by atoms with Crippen molar-refractivity contribution in [2.75, 3.05) is 19.6 Å². The maximum Gasteiger partial charge on any atom is 0.348 e. The summed E-state index contributed by atoms with van der Waals surface area (Å²) in [7, 11) is 1.38. The van der Waals surface area contributed by atoms with Gasteiger partial charge in [0.1, 0.15) is 17.2 Å². The second kappa shape index (κ2) is 5.38. The number of fused-ring (bicyclic) bond motifs is 1. The van der Waals surface area contributed by atoms with Gasteiger partial charge >= 0.3 is 5.97 Å². The lowest BCUT2D eigenvalue weighted by Crippen LogP contribution is -1.97. The van der Waals surface area contributed by atoms with Crippen LogP contribution in [0.1, 0.15) is 9.67 Å². The summed E-state index contributed by atoms with van der Waals surface area (Å²) in [4.78, 5) is 12.0. The molecule has 0 aliphatic rings. The first-order valence-corrected chi connectivity index (χ1v) is 6.40. The number of benzene rings is 1. The molecule has 0 N–H and O–H groups in total. The van der Waals surface area contributed by atoms with Gasteiger partial charge in [-0.05, 0) is 29.7 Å². The number of carbonyl (C=O) groups excluding carboxylic acids is 1. The van der Waals surface area contributed by atoms with Crippen LogP contribution in [0.3, 0.4) is 0 Å². The van der Waals surface area contributed by atoms with Crippen LogP contribution >= 0.6 is 22.9 Å². The molecule has 0 fully saturated rings. The molecule has 5 heteroatoms. The molecule has 0 radical (unpaired) electrons.